The van der Waals surface area contributed by atoms with Gasteiger partial charge in [-0.2, -0.15) is 8.78 Å². The van der Waals surface area contributed by atoms with Gasteiger partial charge in [-0.25, -0.2) is 4.79 Å². The van der Waals surface area contributed by atoms with Crippen LogP contribution in [0.1, 0.15) is 27.0 Å². The summed E-state index contributed by atoms with van der Waals surface area (Å²) in [6.45, 7) is -0.435. The summed E-state index contributed by atoms with van der Waals surface area (Å²) >= 11 is 0. The molecular weight excluding hydrogens is 523 g/mol. The van der Waals surface area contributed by atoms with Crippen LogP contribution in [0.3, 0.4) is 0 Å². The first-order valence-electron chi connectivity index (χ1n) is 9.12. The SMILES string of the molecule is CN=C(NCc1ccc(OC)c(C(=O)OC)c1)NCc1cc(C)ccc1OC(F)F.I. The summed E-state index contributed by atoms with van der Waals surface area (Å²) in [7, 11) is 4.37. The van der Waals surface area contributed by atoms with Gasteiger partial charge in [0.2, 0.25) is 0 Å². The number of hydrogen-bond acceptors (Lipinski definition) is 5. The zero-order valence-electron chi connectivity index (χ0n) is 17.7. The Morgan fingerprint density at radius 1 is 1.06 bits per heavy atom. The molecule has 0 heterocycles. The third-order valence-corrected chi connectivity index (χ3v) is 4.23. The monoisotopic (exact) mass is 549 g/mol. The Balaban J connectivity index is 0.00000480. The number of methoxy groups -OCH3 is 2. The summed E-state index contributed by atoms with van der Waals surface area (Å²) in [4.78, 5) is 16.0. The smallest absolute Gasteiger partial charge is 0.387 e. The molecule has 0 saturated heterocycles. The summed E-state index contributed by atoms with van der Waals surface area (Å²) in [6.07, 6.45) is 0. The standard InChI is InChI=1S/C21H25F2N3O4.HI/c1-13-5-7-17(30-20(22)23)15(9-13)12-26-21(24-2)25-11-14-6-8-18(28-3)16(10-14)19(27)29-4;/h5-10,20H,11-12H2,1-4H3,(H2,24,25,26);1H. The maximum atomic E-state index is 12.6. The van der Waals surface area contributed by atoms with Crippen LogP contribution in [-0.4, -0.2) is 39.8 Å². The van der Waals surface area contributed by atoms with E-state index in [0.29, 0.717) is 29.4 Å². The highest BCUT2D eigenvalue weighted by molar-refractivity contribution is 14.0. The number of nitrogens with one attached hydrogen (secondary N) is 2. The molecule has 0 aliphatic rings. The van der Waals surface area contributed by atoms with Crippen LogP contribution in [0.5, 0.6) is 11.5 Å². The van der Waals surface area contributed by atoms with Gasteiger partial charge in [0.05, 0.1) is 14.2 Å². The highest BCUT2D eigenvalue weighted by Crippen LogP contribution is 2.22. The Kier molecular flexibility index (Phi) is 11.0. The molecule has 31 heavy (non-hydrogen) atoms. The van der Waals surface area contributed by atoms with Crippen molar-refractivity contribution in [1.29, 1.82) is 0 Å². The lowest BCUT2D eigenvalue weighted by Crippen LogP contribution is -2.36. The van der Waals surface area contributed by atoms with Gasteiger partial charge in [-0.15, -0.1) is 24.0 Å². The molecule has 0 aromatic heterocycles. The van der Waals surface area contributed by atoms with Gasteiger partial charge in [-0.1, -0.05) is 23.8 Å². The lowest BCUT2D eigenvalue weighted by atomic mass is 10.1. The Hall–Kier alpha value is -2.63. The quantitative estimate of drug-likeness (QED) is 0.225. The van der Waals surface area contributed by atoms with Crippen LogP contribution in [0, 0.1) is 6.92 Å². The van der Waals surface area contributed by atoms with E-state index in [1.54, 1.807) is 37.4 Å². The number of halogens is 3. The summed E-state index contributed by atoms with van der Waals surface area (Å²) in [5.74, 6) is 0.479. The lowest BCUT2D eigenvalue weighted by Gasteiger charge is -2.16. The van der Waals surface area contributed by atoms with Crippen LogP contribution in [0.15, 0.2) is 41.4 Å². The molecule has 0 atom stereocenters. The topological polar surface area (TPSA) is 81.2 Å². The number of esters is 1. The van der Waals surface area contributed by atoms with E-state index in [9.17, 15) is 13.6 Å². The maximum absolute atomic E-state index is 12.6. The molecule has 0 saturated carbocycles. The normalized spacial score (nSPS) is 10.9. The molecule has 7 nitrogen and oxygen atoms in total. The fourth-order valence-corrected chi connectivity index (χ4v) is 2.78. The number of rotatable bonds is 8. The van der Waals surface area contributed by atoms with E-state index in [0.717, 1.165) is 11.1 Å². The molecule has 2 N–H and O–H groups in total. The number of aliphatic imine (C=N–C) groups is 1. The van der Waals surface area contributed by atoms with Crippen LogP contribution in [-0.2, 0) is 17.8 Å². The van der Waals surface area contributed by atoms with Crippen molar-refractivity contribution in [2.75, 3.05) is 21.3 Å². The highest BCUT2D eigenvalue weighted by atomic mass is 127. The number of guanidine groups is 1. The molecule has 170 valence electrons. The number of hydrogen-bond donors (Lipinski definition) is 2. The van der Waals surface area contributed by atoms with Gasteiger partial charge in [0.1, 0.15) is 17.1 Å². The van der Waals surface area contributed by atoms with Crippen molar-refractivity contribution >= 4 is 35.9 Å². The molecule has 10 heteroatoms. The number of carbonyl (C=O) groups is 1. The molecule has 0 fully saturated rings. The minimum absolute atomic E-state index is 0. The summed E-state index contributed by atoms with van der Waals surface area (Å²) in [5.41, 5.74) is 2.62. The van der Waals surface area contributed by atoms with E-state index >= 15 is 0 Å². The second kappa shape index (κ2) is 12.9. The molecule has 0 spiro atoms. The van der Waals surface area contributed by atoms with E-state index in [2.05, 4.69) is 20.4 Å². The van der Waals surface area contributed by atoms with Crippen molar-refractivity contribution in [3.63, 3.8) is 0 Å². The molecule has 0 aliphatic heterocycles. The fraction of sp³-hybridized carbons (Fsp3) is 0.333. The summed E-state index contributed by atoms with van der Waals surface area (Å²) in [5, 5.41) is 6.18. The van der Waals surface area contributed by atoms with E-state index in [1.807, 2.05) is 6.92 Å². The van der Waals surface area contributed by atoms with Crippen molar-refractivity contribution in [2.24, 2.45) is 4.99 Å². The van der Waals surface area contributed by atoms with Gasteiger partial charge >= 0.3 is 12.6 Å². The number of alkyl halides is 2. The van der Waals surface area contributed by atoms with Gasteiger partial charge in [0.25, 0.3) is 0 Å². The lowest BCUT2D eigenvalue weighted by molar-refractivity contribution is -0.0504. The predicted octanol–water partition coefficient (Wildman–Crippen LogP) is 3.87. The molecule has 0 amide bonds. The number of carbonyl (C=O) groups excluding carboxylic acids is 1. The third-order valence-electron chi connectivity index (χ3n) is 4.23. The molecular formula is C21H26F2IN3O4. The van der Waals surface area contributed by atoms with Crippen LogP contribution >= 0.6 is 24.0 Å². The molecule has 0 aliphatic carbocycles. The largest absolute Gasteiger partial charge is 0.496 e. The fourth-order valence-electron chi connectivity index (χ4n) is 2.78. The molecule has 2 aromatic carbocycles. The van der Waals surface area contributed by atoms with Crippen LogP contribution in [0.25, 0.3) is 0 Å². The van der Waals surface area contributed by atoms with Gasteiger partial charge in [0.15, 0.2) is 5.96 Å². The first-order valence-corrected chi connectivity index (χ1v) is 9.12. The van der Waals surface area contributed by atoms with Crippen LogP contribution in [0.4, 0.5) is 8.78 Å². The van der Waals surface area contributed by atoms with Crippen LogP contribution < -0.4 is 20.1 Å². The summed E-state index contributed by atoms with van der Waals surface area (Å²) < 4.78 is 39.8. The minimum Gasteiger partial charge on any atom is -0.496 e. The minimum atomic E-state index is -2.90. The second-order valence-corrected chi connectivity index (χ2v) is 6.30. The molecule has 2 rings (SSSR count). The van der Waals surface area contributed by atoms with Gasteiger partial charge in [-0.3, -0.25) is 4.99 Å². The number of ether oxygens (including phenoxy) is 3. The van der Waals surface area contributed by atoms with E-state index < -0.39 is 12.6 Å². The van der Waals surface area contributed by atoms with Gasteiger partial charge < -0.3 is 24.8 Å². The average molecular weight is 549 g/mol. The zero-order chi connectivity index (χ0) is 22.1. The predicted molar refractivity (Wildman–Crippen MR) is 125 cm³/mol. The first kappa shape index (κ1) is 26.4. The summed E-state index contributed by atoms with van der Waals surface area (Å²) in [6, 6.07) is 10.1. The Labute approximate surface area is 197 Å². The van der Waals surface area contributed by atoms with E-state index in [4.69, 9.17) is 9.47 Å². The number of nitrogens with zero attached hydrogens (tertiary/aromatic N) is 1. The van der Waals surface area contributed by atoms with Gasteiger partial charge in [0, 0.05) is 25.7 Å². The molecule has 2 aromatic rings. The molecule has 0 radical (unpaired) electrons. The molecule has 0 bridgehead atoms. The average Bonchev–Trinajstić information content (AvgIpc) is 2.74. The Bertz CT molecular complexity index is 910. The van der Waals surface area contributed by atoms with Crippen molar-refractivity contribution < 1.29 is 27.8 Å². The van der Waals surface area contributed by atoms with Crippen molar-refractivity contribution in [3.8, 4) is 11.5 Å². The number of aryl methyl sites for hydroxylation is 1. The second-order valence-electron chi connectivity index (χ2n) is 6.30. The highest BCUT2D eigenvalue weighted by Gasteiger charge is 2.14. The Morgan fingerprint density at radius 3 is 2.35 bits per heavy atom. The number of benzene rings is 2. The van der Waals surface area contributed by atoms with Crippen molar-refractivity contribution in [3.05, 3.63) is 58.7 Å². The third kappa shape index (κ3) is 7.85. The zero-order valence-corrected chi connectivity index (χ0v) is 20.0. The van der Waals surface area contributed by atoms with E-state index in [1.165, 1.54) is 20.3 Å². The first-order chi connectivity index (χ1) is 14.4. The van der Waals surface area contributed by atoms with Crippen LogP contribution in [0.2, 0.25) is 0 Å². The Morgan fingerprint density at radius 2 is 1.74 bits per heavy atom. The molecule has 0 unspecified atom stereocenters. The van der Waals surface area contributed by atoms with Crippen molar-refractivity contribution in [2.45, 2.75) is 26.6 Å². The van der Waals surface area contributed by atoms with Gasteiger partial charge in [-0.05, 0) is 30.7 Å². The van der Waals surface area contributed by atoms with E-state index in [-0.39, 0.29) is 36.3 Å². The van der Waals surface area contributed by atoms with Crippen molar-refractivity contribution in [1.82, 2.24) is 10.6 Å². The maximum Gasteiger partial charge on any atom is 0.387 e.